The molecular weight excluding hydrogens is 228 g/mol. The van der Waals surface area contributed by atoms with Gasteiger partial charge in [0.2, 0.25) is 11.8 Å². The van der Waals surface area contributed by atoms with Crippen molar-refractivity contribution >= 4 is 17.7 Å². The topological polar surface area (TPSA) is 84.9 Å². The summed E-state index contributed by atoms with van der Waals surface area (Å²) in [5.74, 6) is -1.31. The Balaban J connectivity index is 2.06. The van der Waals surface area contributed by atoms with E-state index >= 15 is 0 Å². The van der Waals surface area contributed by atoms with Gasteiger partial charge in [0.25, 0.3) is 5.91 Å². The van der Waals surface area contributed by atoms with E-state index in [9.17, 15) is 14.4 Å². The van der Waals surface area contributed by atoms with Crippen LogP contribution in [0.5, 0.6) is 0 Å². The van der Waals surface area contributed by atoms with Gasteiger partial charge in [-0.25, -0.2) is 0 Å². The molecule has 2 saturated heterocycles. The number of amides is 3. The second kappa shape index (κ2) is 4.80. The largest absolute Gasteiger partial charge is 0.376 e. The molecule has 0 saturated carbocycles. The van der Waals surface area contributed by atoms with Crippen molar-refractivity contribution in [3.63, 3.8) is 0 Å². The highest BCUT2D eigenvalue weighted by Gasteiger charge is 2.37. The molecule has 17 heavy (non-hydrogen) atoms. The lowest BCUT2D eigenvalue weighted by molar-refractivity contribution is -0.165. The summed E-state index contributed by atoms with van der Waals surface area (Å²) in [6, 6.07) is -0.661. The number of nitrogens with one attached hydrogen (secondary N) is 1. The molecule has 7 nitrogen and oxygen atoms in total. The van der Waals surface area contributed by atoms with Gasteiger partial charge in [0.05, 0.1) is 19.8 Å². The van der Waals surface area contributed by atoms with Crippen molar-refractivity contribution in [3.05, 3.63) is 0 Å². The molecule has 0 aromatic rings. The van der Waals surface area contributed by atoms with Crippen molar-refractivity contribution in [2.45, 2.75) is 19.1 Å². The molecule has 2 fully saturated rings. The molecule has 2 aliphatic rings. The predicted octanol–water partition coefficient (Wildman–Crippen LogP) is -1.72. The van der Waals surface area contributed by atoms with Crippen molar-refractivity contribution in [1.29, 1.82) is 0 Å². The lowest BCUT2D eigenvalue weighted by Gasteiger charge is -2.34. The van der Waals surface area contributed by atoms with Crippen LogP contribution in [0.2, 0.25) is 0 Å². The molecule has 2 unspecified atom stereocenters. The Morgan fingerprint density at radius 1 is 1.41 bits per heavy atom. The molecule has 0 radical (unpaired) electrons. The van der Waals surface area contributed by atoms with E-state index in [1.807, 2.05) is 0 Å². The van der Waals surface area contributed by atoms with E-state index in [0.29, 0.717) is 13.2 Å². The molecule has 0 spiro atoms. The van der Waals surface area contributed by atoms with Crippen molar-refractivity contribution in [3.8, 4) is 0 Å². The van der Waals surface area contributed by atoms with Crippen LogP contribution in [-0.4, -0.2) is 61.1 Å². The first kappa shape index (κ1) is 12.0. The van der Waals surface area contributed by atoms with Gasteiger partial charge in [-0.2, -0.15) is 0 Å². The third kappa shape index (κ3) is 2.45. The van der Waals surface area contributed by atoms with Crippen LogP contribution in [0.25, 0.3) is 0 Å². The number of rotatable bonds is 1. The summed E-state index contributed by atoms with van der Waals surface area (Å²) in [4.78, 5) is 35.9. The quantitative estimate of drug-likeness (QED) is 0.553. The third-order valence-electron chi connectivity index (χ3n) is 2.80. The summed E-state index contributed by atoms with van der Waals surface area (Å²) in [5.41, 5.74) is 0. The van der Waals surface area contributed by atoms with Crippen LogP contribution in [0, 0.1) is 0 Å². The summed E-state index contributed by atoms with van der Waals surface area (Å²) in [7, 11) is 0. The van der Waals surface area contributed by atoms with Gasteiger partial charge in [0.15, 0.2) is 6.10 Å². The normalized spacial score (nSPS) is 30.1. The fourth-order valence-corrected chi connectivity index (χ4v) is 1.80. The fraction of sp³-hybridized carbons (Fsp3) is 0.700. The minimum absolute atomic E-state index is 0.119. The lowest BCUT2D eigenvalue weighted by Crippen LogP contribution is -2.61. The summed E-state index contributed by atoms with van der Waals surface area (Å²) in [6.45, 7) is 2.42. The van der Waals surface area contributed by atoms with Gasteiger partial charge in [-0.05, 0) is 6.92 Å². The first-order valence-electron chi connectivity index (χ1n) is 5.43. The molecule has 0 aromatic heterocycles. The van der Waals surface area contributed by atoms with Gasteiger partial charge >= 0.3 is 0 Å². The Kier molecular flexibility index (Phi) is 3.39. The standard InChI is InChI=1S/C10H14N2O5/c1-6-9(14)11-8(13)4-12(6)10(15)7-5-16-2-3-17-7/h6-7H,2-5H2,1H3,(H,11,13,14). The van der Waals surface area contributed by atoms with Crippen LogP contribution in [0.1, 0.15) is 6.92 Å². The molecule has 2 rings (SSSR count). The molecule has 3 amide bonds. The highest BCUT2D eigenvalue weighted by molar-refractivity contribution is 6.04. The Bertz CT molecular complexity index is 351. The zero-order valence-corrected chi connectivity index (χ0v) is 9.47. The van der Waals surface area contributed by atoms with E-state index in [1.54, 1.807) is 6.92 Å². The Morgan fingerprint density at radius 2 is 2.18 bits per heavy atom. The number of nitrogens with zero attached hydrogens (tertiary/aromatic N) is 1. The van der Waals surface area contributed by atoms with Crippen LogP contribution in [-0.2, 0) is 23.9 Å². The number of carbonyl (C=O) groups excluding carboxylic acids is 3. The van der Waals surface area contributed by atoms with Gasteiger partial charge < -0.3 is 14.4 Å². The molecule has 0 aromatic carbocycles. The maximum Gasteiger partial charge on any atom is 0.255 e. The lowest BCUT2D eigenvalue weighted by atomic mass is 10.1. The highest BCUT2D eigenvalue weighted by Crippen LogP contribution is 2.11. The van der Waals surface area contributed by atoms with Crippen LogP contribution in [0.15, 0.2) is 0 Å². The Labute approximate surface area is 98.0 Å². The molecule has 94 valence electrons. The minimum atomic E-state index is -0.718. The summed E-state index contributed by atoms with van der Waals surface area (Å²) >= 11 is 0. The first-order chi connectivity index (χ1) is 8.09. The fourth-order valence-electron chi connectivity index (χ4n) is 1.80. The van der Waals surface area contributed by atoms with Gasteiger partial charge in [-0.1, -0.05) is 0 Å². The van der Waals surface area contributed by atoms with Gasteiger partial charge in [-0.15, -0.1) is 0 Å². The van der Waals surface area contributed by atoms with Gasteiger partial charge in [0.1, 0.15) is 12.6 Å². The maximum atomic E-state index is 12.0. The zero-order chi connectivity index (χ0) is 12.4. The second-order valence-corrected chi connectivity index (χ2v) is 3.99. The Morgan fingerprint density at radius 3 is 2.82 bits per heavy atom. The zero-order valence-electron chi connectivity index (χ0n) is 9.47. The van der Waals surface area contributed by atoms with E-state index < -0.39 is 24.0 Å². The van der Waals surface area contributed by atoms with Crippen molar-refractivity contribution in [1.82, 2.24) is 10.2 Å². The molecule has 2 heterocycles. The molecular formula is C10H14N2O5. The highest BCUT2D eigenvalue weighted by atomic mass is 16.6. The average molecular weight is 242 g/mol. The third-order valence-corrected chi connectivity index (χ3v) is 2.80. The van der Waals surface area contributed by atoms with Crippen LogP contribution >= 0.6 is 0 Å². The van der Waals surface area contributed by atoms with E-state index in [1.165, 1.54) is 4.90 Å². The number of imide groups is 1. The van der Waals surface area contributed by atoms with Crippen molar-refractivity contribution < 1.29 is 23.9 Å². The van der Waals surface area contributed by atoms with E-state index in [0.717, 1.165) is 0 Å². The van der Waals surface area contributed by atoms with Crippen molar-refractivity contribution in [2.75, 3.05) is 26.4 Å². The van der Waals surface area contributed by atoms with E-state index in [2.05, 4.69) is 5.32 Å². The number of piperazine rings is 1. The van der Waals surface area contributed by atoms with Crippen LogP contribution < -0.4 is 5.32 Å². The van der Waals surface area contributed by atoms with Crippen molar-refractivity contribution in [2.24, 2.45) is 0 Å². The summed E-state index contributed by atoms with van der Waals surface area (Å²) in [6.07, 6.45) is -0.718. The van der Waals surface area contributed by atoms with E-state index in [4.69, 9.17) is 9.47 Å². The van der Waals surface area contributed by atoms with Gasteiger partial charge in [-0.3, -0.25) is 19.7 Å². The summed E-state index contributed by atoms with van der Waals surface area (Å²) < 4.78 is 10.4. The smallest absolute Gasteiger partial charge is 0.255 e. The molecule has 2 atom stereocenters. The second-order valence-electron chi connectivity index (χ2n) is 3.99. The molecule has 1 N–H and O–H groups in total. The number of ether oxygens (including phenoxy) is 2. The SMILES string of the molecule is CC1C(=O)NC(=O)CN1C(=O)C1COCCO1. The van der Waals surface area contributed by atoms with E-state index in [-0.39, 0.29) is 19.1 Å². The number of carbonyl (C=O) groups is 3. The monoisotopic (exact) mass is 242 g/mol. The molecule has 2 aliphatic heterocycles. The summed E-state index contributed by atoms with van der Waals surface area (Å²) in [5, 5.41) is 2.17. The molecule has 0 aliphatic carbocycles. The average Bonchev–Trinajstić information content (AvgIpc) is 2.34. The molecule has 0 bridgehead atoms. The van der Waals surface area contributed by atoms with Gasteiger partial charge in [0, 0.05) is 0 Å². The number of hydrogen-bond donors (Lipinski definition) is 1. The van der Waals surface area contributed by atoms with Crippen LogP contribution in [0.3, 0.4) is 0 Å². The maximum absolute atomic E-state index is 12.0. The minimum Gasteiger partial charge on any atom is -0.376 e. The van der Waals surface area contributed by atoms with Crippen LogP contribution in [0.4, 0.5) is 0 Å². The first-order valence-corrected chi connectivity index (χ1v) is 5.43. The predicted molar refractivity (Wildman–Crippen MR) is 54.9 cm³/mol. The number of hydrogen-bond acceptors (Lipinski definition) is 5. The molecule has 7 heteroatoms. The Hall–Kier alpha value is -1.47.